The van der Waals surface area contributed by atoms with Gasteiger partial charge in [0.15, 0.2) is 0 Å². The minimum Gasteiger partial charge on any atom is -0.385 e. The average molecular weight is 286 g/mol. The summed E-state index contributed by atoms with van der Waals surface area (Å²) in [6.45, 7) is 4.08. The van der Waals surface area contributed by atoms with Crippen LogP contribution >= 0.6 is 15.9 Å². The number of unbranched alkanes of at least 4 members (excludes halogenated alkanes) is 1. The molecule has 1 rings (SSSR count). The molecule has 1 N–H and O–H groups in total. The highest BCUT2D eigenvalue weighted by Gasteiger charge is 2.06. The third-order valence-corrected chi connectivity index (χ3v) is 3.32. The van der Waals surface area contributed by atoms with Crippen LogP contribution < -0.4 is 5.32 Å². The fourth-order valence-electron chi connectivity index (χ4n) is 1.63. The summed E-state index contributed by atoms with van der Waals surface area (Å²) in [6, 6.07) is 8.73. The lowest BCUT2D eigenvalue weighted by Gasteiger charge is -2.15. The van der Waals surface area contributed by atoms with E-state index in [2.05, 4.69) is 46.4 Å². The molecule has 1 atom stereocenters. The highest BCUT2D eigenvalue weighted by atomic mass is 79.9. The molecule has 0 saturated carbocycles. The molecule has 0 radical (unpaired) electrons. The van der Waals surface area contributed by atoms with E-state index in [1.165, 1.54) is 10.0 Å². The Kier molecular flexibility index (Phi) is 6.69. The van der Waals surface area contributed by atoms with Gasteiger partial charge in [0.1, 0.15) is 0 Å². The zero-order chi connectivity index (χ0) is 11.8. The molecule has 0 amide bonds. The molecule has 2 nitrogen and oxygen atoms in total. The monoisotopic (exact) mass is 285 g/mol. The van der Waals surface area contributed by atoms with E-state index in [0.717, 1.165) is 26.0 Å². The first kappa shape index (κ1) is 13.7. The SMILES string of the molecule is COCCCCN[C@H](C)c1ccccc1Br. The lowest BCUT2D eigenvalue weighted by molar-refractivity contribution is 0.192. The first-order chi connectivity index (χ1) is 7.75. The second-order valence-electron chi connectivity index (χ2n) is 3.90. The summed E-state index contributed by atoms with van der Waals surface area (Å²) in [7, 11) is 1.75. The van der Waals surface area contributed by atoms with Gasteiger partial charge in [-0.3, -0.25) is 0 Å². The summed E-state index contributed by atoms with van der Waals surface area (Å²) in [6.07, 6.45) is 2.27. The second kappa shape index (κ2) is 7.82. The summed E-state index contributed by atoms with van der Waals surface area (Å²) >= 11 is 3.57. The number of hydrogen-bond donors (Lipinski definition) is 1. The number of nitrogens with one attached hydrogen (secondary N) is 1. The molecule has 0 unspecified atom stereocenters. The van der Waals surface area contributed by atoms with Gasteiger partial charge in [-0.05, 0) is 37.9 Å². The highest BCUT2D eigenvalue weighted by Crippen LogP contribution is 2.22. The quantitative estimate of drug-likeness (QED) is 0.774. The molecule has 0 spiro atoms. The van der Waals surface area contributed by atoms with Crippen LogP contribution in [0.1, 0.15) is 31.4 Å². The van der Waals surface area contributed by atoms with Gasteiger partial charge in [0.05, 0.1) is 0 Å². The predicted molar refractivity (Wildman–Crippen MR) is 71.7 cm³/mol. The Morgan fingerprint density at radius 3 is 2.75 bits per heavy atom. The van der Waals surface area contributed by atoms with Crippen LogP contribution in [0.4, 0.5) is 0 Å². The summed E-state index contributed by atoms with van der Waals surface area (Å²) < 4.78 is 6.19. The van der Waals surface area contributed by atoms with Crippen LogP contribution in [0.15, 0.2) is 28.7 Å². The van der Waals surface area contributed by atoms with E-state index in [1.54, 1.807) is 7.11 Å². The molecule has 0 fully saturated rings. The summed E-state index contributed by atoms with van der Waals surface area (Å²) in [5, 5.41) is 3.51. The zero-order valence-electron chi connectivity index (χ0n) is 10.0. The van der Waals surface area contributed by atoms with E-state index in [9.17, 15) is 0 Å². The molecule has 0 aliphatic heterocycles. The van der Waals surface area contributed by atoms with Crippen molar-refractivity contribution in [3.8, 4) is 0 Å². The van der Waals surface area contributed by atoms with Crippen LogP contribution in [-0.2, 0) is 4.74 Å². The maximum absolute atomic E-state index is 5.02. The van der Waals surface area contributed by atoms with Crippen molar-refractivity contribution in [3.63, 3.8) is 0 Å². The minimum atomic E-state index is 0.387. The number of rotatable bonds is 7. The number of halogens is 1. The Balaban J connectivity index is 2.30. The average Bonchev–Trinajstić information content (AvgIpc) is 2.29. The summed E-state index contributed by atoms with van der Waals surface area (Å²) in [4.78, 5) is 0. The molecular formula is C13H20BrNO. The van der Waals surface area contributed by atoms with Crippen LogP contribution in [0.2, 0.25) is 0 Å². The number of methoxy groups -OCH3 is 1. The fourth-order valence-corrected chi connectivity index (χ4v) is 2.25. The van der Waals surface area contributed by atoms with Gasteiger partial charge in [-0.1, -0.05) is 34.1 Å². The molecule has 0 aliphatic rings. The van der Waals surface area contributed by atoms with Crippen LogP contribution in [0, 0.1) is 0 Å². The Bertz CT molecular complexity index is 304. The van der Waals surface area contributed by atoms with Gasteiger partial charge < -0.3 is 10.1 Å². The smallest absolute Gasteiger partial charge is 0.0462 e. The molecular weight excluding hydrogens is 266 g/mol. The molecule has 0 aromatic heterocycles. The van der Waals surface area contributed by atoms with E-state index in [4.69, 9.17) is 4.74 Å². The Morgan fingerprint density at radius 2 is 2.06 bits per heavy atom. The first-order valence-electron chi connectivity index (χ1n) is 5.72. The second-order valence-corrected chi connectivity index (χ2v) is 4.75. The summed E-state index contributed by atoms with van der Waals surface area (Å²) in [5.41, 5.74) is 1.31. The van der Waals surface area contributed by atoms with Crippen LogP contribution in [0.25, 0.3) is 0 Å². The molecule has 0 saturated heterocycles. The Labute approximate surface area is 107 Å². The Morgan fingerprint density at radius 1 is 1.31 bits per heavy atom. The predicted octanol–water partition coefficient (Wildman–Crippen LogP) is 3.53. The Hall–Kier alpha value is -0.380. The standard InChI is InChI=1S/C13H20BrNO/c1-11(15-9-5-6-10-16-2)12-7-3-4-8-13(12)14/h3-4,7-8,11,15H,5-6,9-10H2,1-2H3/t11-/m1/s1. The molecule has 0 bridgehead atoms. The topological polar surface area (TPSA) is 21.3 Å². The fraction of sp³-hybridized carbons (Fsp3) is 0.538. The molecule has 1 aromatic carbocycles. The van der Waals surface area contributed by atoms with Crippen LogP contribution in [-0.4, -0.2) is 20.3 Å². The summed E-state index contributed by atoms with van der Waals surface area (Å²) in [5.74, 6) is 0. The third-order valence-electron chi connectivity index (χ3n) is 2.60. The van der Waals surface area contributed by atoms with E-state index < -0.39 is 0 Å². The van der Waals surface area contributed by atoms with Crippen molar-refractivity contribution in [2.45, 2.75) is 25.8 Å². The van der Waals surface area contributed by atoms with E-state index >= 15 is 0 Å². The largest absolute Gasteiger partial charge is 0.385 e. The van der Waals surface area contributed by atoms with Gasteiger partial charge in [-0.15, -0.1) is 0 Å². The molecule has 90 valence electrons. The molecule has 0 aliphatic carbocycles. The number of hydrogen-bond acceptors (Lipinski definition) is 2. The minimum absolute atomic E-state index is 0.387. The van der Waals surface area contributed by atoms with Crippen molar-refractivity contribution in [2.24, 2.45) is 0 Å². The van der Waals surface area contributed by atoms with Crippen molar-refractivity contribution in [1.29, 1.82) is 0 Å². The van der Waals surface area contributed by atoms with Gasteiger partial charge in [0.2, 0.25) is 0 Å². The van der Waals surface area contributed by atoms with Gasteiger partial charge >= 0.3 is 0 Å². The lowest BCUT2D eigenvalue weighted by Crippen LogP contribution is -2.20. The molecule has 1 aromatic rings. The maximum Gasteiger partial charge on any atom is 0.0462 e. The van der Waals surface area contributed by atoms with Crippen molar-refractivity contribution in [2.75, 3.05) is 20.3 Å². The lowest BCUT2D eigenvalue weighted by atomic mass is 10.1. The van der Waals surface area contributed by atoms with Crippen molar-refractivity contribution in [1.82, 2.24) is 5.32 Å². The zero-order valence-corrected chi connectivity index (χ0v) is 11.6. The van der Waals surface area contributed by atoms with E-state index in [1.807, 2.05) is 6.07 Å². The third kappa shape index (κ3) is 4.64. The van der Waals surface area contributed by atoms with Gasteiger partial charge in [-0.25, -0.2) is 0 Å². The van der Waals surface area contributed by atoms with Gasteiger partial charge in [-0.2, -0.15) is 0 Å². The number of ether oxygens (including phenoxy) is 1. The highest BCUT2D eigenvalue weighted by molar-refractivity contribution is 9.10. The van der Waals surface area contributed by atoms with Crippen molar-refractivity contribution < 1.29 is 4.74 Å². The molecule has 16 heavy (non-hydrogen) atoms. The maximum atomic E-state index is 5.02. The van der Waals surface area contributed by atoms with E-state index in [0.29, 0.717) is 6.04 Å². The van der Waals surface area contributed by atoms with Gasteiger partial charge in [0.25, 0.3) is 0 Å². The normalized spacial score (nSPS) is 12.7. The first-order valence-corrected chi connectivity index (χ1v) is 6.51. The van der Waals surface area contributed by atoms with Gasteiger partial charge in [0, 0.05) is 24.2 Å². The van der Waals surface area contributed by atoms with Crippen molar-refractivity contribution >= 4 is 15.9 Å². The van der Waals surface area contributed by atoms with Crippen LogP contribution in [0.3, 0.4) is 0 Å². The number of benzene rings is 1. The van der Waals surface area contributed by atoms with Crippen LogP contribution in [0.5, 0.6) is 0 Å². The molecule has 0 heterocycles. The van der Waals surface area contributed by atoms with Crippen molar-refractivity contribution in [3.05, 3.63) is 34.3 Å². The van der Waals surface area contributed by atoms with E-state index in [-0.39, 0.29) is 0 Å². The molecule has 3 heteroatoms.